The van der Waals surface area contributed by atoms with Gasteiger partial charge in [0.05, 0.1) is 23.2 Å². The summed E-state index contributed by atoms with van der Waals surface area (Å²) in [5.74, 6) is 1.14. The van der Waals surface area contributed by atoms with Crippen LogP contribution in [0.25, 0.3) is 11.0 Å². The third-order valence-corrected chi connectivity index (χ3v) is 4.67. The second kappa shape index (κ2) is 6.61. The van der Waals surface area contributed by atoms with Gasteiger partial charge < -0.3 is 9.67 Å². The number of para-hydroxylation sites is 2. The van der Waals surface area contributed by atoms with Crippen molar-refractivity contribution in [3.8, 4) is 0 Å². The van der Waals surface area contributed by atoms with E-state index in [0.29, 0.717) is 0 Å². The molecule has 3 rings (SSSR count). The molecule has 1 aromatic heterocycles. The third-order valence-electron chi connectivity index (χ3n) is 4.67. The van der Waals surface area contributed by atoms with E-state index < -0.39 is 0 Å². The predicted molar refractivity (Wildman–Crippen MR) is 86.5 cm³/mol. The molecule has 2 aromatic rings. The minimum Gasteiger partial charge on any atom is -0.391 e. The number of hydrogen-bond acceptors (Lipinski definition) is 2. The summed E-state index contributed by atoms with van der Waals surface area (Å²) < 4.78 is 2.34. The Bertz CT molecular complexity index is 590. The van der Waals surface area contributed by atoms with Crippen LogP contribution in [0.3, 0.4) is 0 Å². The van der Waals surface area contributed by atoms with Crippen molar-refractivity contribution in [2.75, 3.05) is 0 Å². The van der Waals surface area contributed by atoms with Crippen molar-refractivity contribution in [2.45, 2.75) is 70.4 Å². The number of imidazole rings is 1. The van der Waals surface area contributed by atoms with Crippen LogP contribution in [0.2, 0.25) is 0 Å². The SMILES string of the molecule is CCCc1nc2ccccc2n1C1CCCCCCC1O. The highest BCUT2D eigenvalue weighted by molar-refractivity contribution is 5.76. The molecule has 1 N–H and O–H groups in total. The van der Waals surface area contributed by atoms with Gasteiger partial charge in [0.15, 0.2) is 0 Å². The normalized spacial score (nSPS) is 23.9. The Morgan fingerprint density at radius 2 is 1.90 bits per heavy atom. The maximum atomic E-state index is 10.6. The van der Waals surface area contributed by atoms with Gasteiger partial charge in [0, 0.05) is 6.42 Å². The fourth-order valence-corrected chi connectivity index (χ4v) is 3.61. The van der Waals surface area contributed by atoms with Gasteiger partial charge in [0.25, 0.3) is 0 Å². The topological polar surface area (TPSA) is 38.0 Å². The Morgan fingerprint density at radius 3 is 2.71 bits per heavy atom. The van der Waals surface area contributed by atoms with Gasteiger partial charge in [-0.3, -0.25) is 0 Å². The molecule has 0 amide bonds. The van der Waals surface area contributed by atoms with Crippen LogP contribution in [0.4, 0.5) is 0 Å². The van der Waals surface area contributed by atoms with E-state index in [0.717, 1.165) is 43.4 Å². The standard InChI is InChI=1S/C18H26N2O/c1-2-9-18-19-14-10-7-8-11-15(14)20(18)16-12-5-3-4-6-13-17(16)21/h7-8,10-11,16-17,21H,2-6,9,12-13H2,1H3. The van der Waals surface area contributed by atoms with Gasteiger partial charge in [0.1, 0.15) is 5.82 Å². The first kappa shape index (κ1) is 14.6. The molecule has 0 saturated heterocycles. The van der Waals surface area contributed by atoms with Gasteiger partial charge in [-0.2, -0.15) is 0 Å². The first-order valence-electron chi connectivity index (χ1n) is 8.45. The lowest BCUT2D eigenvalue weighted by Crippen LogP contribution is -2.27. The van der Waals surface area contributed by atoms with Crippen LogP contribution in [-0.4, -0.2) is 20.8 Å². The first-order valence-corrected chi connectivity index (χ1v) is 8.45. The Morgan fingerprint density at radius 1 is 1.14 bits per heavy atom. The molecular formula is C18H26N2O. The molecule has 1 aliphatic rings. The number of aryl methyl sites for hydroxylation is 1. The van der Waals surface area contributed by atoms with Crippen molar-refractivity contribution in [3.05, 3.63) is 30.1 Å². The molecule has 0 aliphatic heterocycles. The van der Waals surface area contributed by atoms with E-state index in [9.17, 15) is 5.11 Å². The number of rotatable bonds is 3. The van der Waals surface area contributed by atoms with E-state index >= 15 is 0 Å². The lowest BCUT2D eigenvalue weighted by Gasteiger charge is -2.28. The van der Waals surface area contributed by atoms with Crippen LogP contribution in [0.5, 0.6) is 0 Å². The second-order valence-corrected chi connectivity index (χ2v) is 6.26. The number of nitrogens with zero attached hydrogens (tertiary/aromatic N) is 2. The van der Waals surface area contributed by atoms with E-state index in [4.69, 9.17) is 4.98 Å². The predicted octanol–water partition coefficient (Wildman–Crippen LogP) is 4.25. The van der Waals surface area contributed by atoms with Crippen molar-refractivity contribution < 1.29 is 5.11 Å². The van der Waals surface area contributed by atoms with E-state index in [1.807, 2.05) is 6.07 Å². The van der Waals surface area contributed by atoms with Crippen molar-refractivity contribution in [2.24, 2.45) is 0 Å². The zero-order valence-corrected chi connectivity index (χ0v) is 13.0. The molecule has 3 heteroatoms. The minimum absolute atomic E-state index is 0.194. The van der Waals surface area contributed by atoms with Gasteiger partial charge in [-0.05, 0) is 31.4 Å². The third kappa shape index (κ3) is 2.98. The molecule has 0 radical (unpaired) electrons. The van der Waals surface area contributed by atoms with Gasteiger partial charge in [-0.1, -0.05) is 44.7 Å². The summed E-state index contributed by atoms with van der Waals surface area (Å²) in [4.78, 5) is 4.82. The van der Waals surface area contributed by atoms with E-state index in [1.54, 1.807) is 0 Å². The van der Waals surface area contributed by atoms with E-state index in [2.05, 4.69) is 29.7 Å². The lowest BCUT2D eigenvalue weighted by atomic mass is 9.93. The summed E-state index contributed by atoms with van der Waals surface area (Å²) in [6.07, 6.45) is 8.73. The first-order chi connectivity index (χ1) is 10.3. The van der Waals surface area contributed by atoms with Crippen molar-refractivity contribution >= 4 is 11.0 Å². The number of benzene rings is 1. The highest BCUT2D eigenvalue weighted by atomic mass is 16.3. The van der Waals surface area contributed by atoms with Crippen LogP contribution < -0.4 is 0 Å². The molecule has 21 heavy (non-hydrogen) atoms. The molecule has 1 fully saturated rings. The summed E-state index contributed by atoms with van der Waals surface area (Å²) in [5.41, 5.74) is 2.25. The highest BCUT2D eigenvalue weighted by Crippen LogP contribution is 2.31. The molecule has 0 spiro atoms. The number of aliphatic hydroxyl groups excluding tert-OH is 1. The summed E-state index contributed by atoms with van der Waals surface area (Å²) in [6.45, 7) is 2.19. The molecule has 2 atom stereocenters. The van der Waals surface area contributed by atoms with E-state index in [1.165, 1.54) is 24.8 Å². The molecule has 3 nitrogen and oxygen atoms in total. The Balaban J connectivity index is 2.04. The number of fused-ring (bicyclic) bond motifs is 1. The maximum Gasteiger partial charge on any atom is 0.110 e. The quantitative estimate of drug-likeness (QED) is 0.916. The van der Waals surface area contributed by atoms with Crippen LogP contribution in [-0.2, 0) is 6.42 Å². The van der Waals surface area contributed by atoms with Crippen molar-refractivity contribution in [1.82, 2.24) is 9.55 Å². The van der Waals surface area contributed by atoms with Crippen LogP contribution >= 0.6 is 0 Å². The summed E-state index contributed by atoms with van der Waals surface area (Å²) >= 11 is 0. The molecule has 1 saturated carbocycles. The smallest absolute Gasteiger partial charge is 0.110 e. The van der Waals surface area contributed by atoms with Crippen molar-refractivity contribution in [1.29, 1.82) is 0 Å². The van der Waals surface area contributed by atoms with Gasteiger partial charge >= 0.3 is 0 Å². The minimum atomic E-state index is -0.237. The van der Waals surface area contributed by atoms with E-state index in [-0.39, 0.29) is 12.1 Å². The summed E-state index contributed by atoms with van der Waals surface area (Å²) in [6, 6.07) is 8.54. The zero-order valence-electron chi connectivity index (χ0n) is 13.0. The Labute approximate surface area is 127 Å². The largest absolute Gasteiger partial charge is 0.391 e. The van der Waals surface area contributed by atoms with Crippen LogP contribution in [0.15, 0.2) is 24.3 Å². The molecular weight excluding hydrogens is 260 g/mol. The van der Waals surface area contributed by atoms with Crippen LogP contribution in [0.1, 0.15) is 63.7 Å². The van der Waals surface area contributed by atoms with Crippen LogP contribution in [0, 0.1) is 0 Å². The van der Waals surface area contributed by atoms with Gasteiger partial charge in [-0.15, -0.1) is 0 Å². The monoisotopic (exact) mass is 286 g/mol. The lowest BCUT2D eigenvalue weighted by molar-refractivity contribution is 0.0891. The van der Waals surface area contributed by atoms with Crippen molar-refractivity contribution in [3.63, 3.8) is 0 Å². The molecule has 114 valence electrons. The second-order valence-electron chi connectivity index (χ2n) is 6.26. The maximum absolute atomic E-state index is 10.6. The zero-order chi connectivity index (χ0) is 14.7. The number of aliphatic hydroxyl groups is 1. The Hall–Kier alpha value is -1.35. The number of aromatic nitrogens is 2. The fraction of sp³-hybridized carbons (Fsp3) is 0.611. The molecule has 0 bridgehead atoms. The fourth-order valence-electron chi connectivity index (χ4n) is 3.61. The molecule has 2 unspecified atom stereocenters. The Kier molecular flexibility index (Phi) is 4.59. The van der Waals surface area contributed by atoms with Gasteiger partial charge in [-0.25, -0.2) is 4.98 Å². The highest BCUT2D eigenvalue weighted by Gasteiger charge is 2.26. The summed E-state index contributed by atoms with van der Waals surface area (Å²) in [7, 11) is 0. The molecule has 1 aliphatic carbocycles. The molecule has 1 aromatic carbocycles. The average molecular weight is 286 g/mol. The number of hydrogen-bond donors (Lipinski definition) is 1. The van der Waals surface area contributed by atoms with Gasteiger partial charge in [0.2, 0.25) is 0 Å². The molecule has 1 heterocycles. The summed E-state index contributed by atoms with van der Waals surface area (Å²) in [5, 5.41) is 10.6. The average Bonchev–Trinajstić information content (AvgIpc) is 2.82.